The summed E-state index contributed by atoms with van der Waals surface area (Å²) >= 11 is 0. The number of amides is 2. The molecule has 18 heavy (non-hydrogen) atoms. The maximum Gasteiger partial charge on any atom is 0.325 e. The average Bonchev–Trinajstić information content (AvgIpc) is 2.29. The van der Waals surface area contributed by atoms with E-state index in [9.17, 15) is 9.59 Å². The van der Waals surface area contributed by atoms with E-state index in [-0.39, 0.29) is 0 Å². The number of benzene rings is 1. The number of hydrogen-bond donors (Lipinski definition) is 3. The number of anilines is 1. The lowest BCUT2D eigenvalue weighted by molar-refractivity contribution is -0.138. The van der Waals surface area contributed by atoms with Gasteiger partial charge in [0.15, 0.2) is 0 Å². The van der Waals surface area contributed by atoms with Crippen LogP contribution in [0, 0.1) is 0 Å². The first kappa shape index (κ1) is 13.8. The fourth-order valence-electron chi connectivity index (χ4n) is 1.26. The monoisotopic (exact) mass is 252 g/mol. The number of ether oxygens (including phenoxy) is 1. The lowest BCUT2D eigenvalue weighted by Gasteiger charge is -2.11. The second kappa shape index (κ2) is 6.48. The first-order valence-electron chi connectivity index (χ1n) is 5.56. The molecule has 0 bridgehead atoms. The normalized spacial score (nSPS) is 11.4. The Labute approximate surface area is 105 Å². The molecular weight excluding hydrogens is 236 g/mol. The number of rotatable bonds is 5. The van der Waals surface area contributed by atoms with Gasteiger partial charge in [-0.1, -0.05) is 6.07 Å². The standard InChI is InChI=1S/C12H16N2O4/c1-3-18-10-6-4-5-9(7-10)14-12(17)13-8(2)11(15)16/h4-8H,3H2,1-2H3,(H,15,16)(H2,13,14,17). The predicted octanol–water partition coefficient (Wildman–Crippen LogP) is 1.68. The third-order valence-electron chi connectivity index (χ3n) is 2.12. The van der Waals surface area contributed by atoms with Crippen molar-refractivity contribution in [1.82, 2.24) is 5.32 Å². The zero-order valence-corrected chi connectivity index (χ0v) is 10.3. The van der Waals surface area contributed by atoms with Crippen LogP contribution < -0.4 is 15.4 Å². The number of aliphatic carboxylic acids is 1. The quantitative estimate of drug-likeness (QED) is 0.744. The van der Waals surface area contributed by atoms with Gasteiger partial charge in [-0.2, -0.15) is 0 Å². The van der Waals surface area contributed by atoms with E-state index < -0.39 is 18.0 Å². The van der Waals surface area contributed by atoms with Gasteiger partial charge < -0.3 is 20.5 Å². The molecule has 6 nitrogen and oxygen atoms in total. The van der Waals surface area contributed by atoms with E-state index in [1.165, 1.54) is 6.92 Å². The van der Waals surface area contributed by atoms with Gasteiger partial charge in [0.25, 0.3) is 0 Å². The van der Waals surface area contributed by atoms with Gasteiger partial charge in [-0.3, -0.25) is 4.79 Å². The van der Waals surface area contributed by atoms with Gasteiger partial charge in [-0.25, -0.2) is 4.79 Å². The smallest absolute Gasteiger partial charge is 0.325 e. The number of nitrogens with one attached hydrogen (secondary N) is 2. The van der Waals surface area contributed by atoms with Crippen LogP contribution in [0.2, 0.25) is 0 Å². The Bertz CT molecular complexity index is 434. The summed E-state index contributed by atoms with van der Waals surface area (Å²) < 4.78 is 5.28. The summed E-state index contributed by atoms with van der Waals surface area (Å²) in [5, 5.41) is 13.5. The lowest BCUT2D eigenvalue weighted by atomic mass is 10.3. The lowest BCUT2D eigenvalue weighted by Crippen LogP contribution is -2.40. The van der Waals surface area contributed by atoms with Crippen LogP contribution >= 0.6 is 0 Å². The van der Waals surface area contributed by atoms with Crippen molar-refractivity contribution in [2.45, 2.75) is 19.9 Å². The molecule has 0 aliphatic heterocycles. The maximum atomic E-state index is 11.5. The second-order valence-electron chi connectivity index (χ2n) is 3.62. The number of carboxylic acid groups (broad SMARTS) is 1. The average molecular weight is 252 g/mol. The summed E-state index contributed by atoms with van der Waals surface area (Å²) in [6.07, 6.45) is 0. The summed E-state index contributed by atoms with van der Waals surface area (Å²) in [5.41, 5.74) is 0.538. The second-order valence-corrected chi connectivity index (χ2v) is 3.62. The van der Waals surface area contributed by atoms with Gasteiger partial charge in [0.05, 0.1) is 6.61 Å². The Hall–Kier alpha value is -2.24. The molecule has 3 N–H and O–H groups in total. The van der Waals surface area contributed by atoms with E-state index >= 15 is 0 Å². The molecule has 0 saturated carbocycles. The Morgan fingerprint density at radius 3 is 2.78 bits per heavy atom. The highest BCUT2D eigenvalue weighted by Gasteiger charge is 2.13. The van der Waals surface area contributed by atoms with Crippen molar-refractivity contribution in [2.75, 3.05) is 11.9 Å². The molecular formula is C12H16N2O4. The molecule has 2 amide bonds. The van der Waals surface area contributed by atoms with Crippen molar-refractivity contribution >= 4 is 17.7 Å². The highest BCUT2D eigenvalue weighted by Crippen LogP contribution is 2.17. The van der Waals surface area contributed by atoms with Crippen LogP contribution in [-0.2, 0) is 4.79 Å². The minimum absolute atomic E-state index is 0.533. The van der Waals surface area contributed by atoms with Crippen LogP contribution in [-0.4, -0.2) is 29.8 Å². The molecule has 0 aliphatic rings. The maximum absolute atomic E-state index is 11.5. The van der Waals surface area contributed by atoms with E-state index in [2.05, 4.69) is 10.6 Å². The Balaban J connectivity index is 2.58. The van der Waals surface area contributed by atoms with Crippen molar-refractivity contribution in [2.24, 2.45) is 0 Å². The van der Waals surface area contributed by atoms with Crippen molar-refractivity contribution in [1.29, 1.82) is 0 Å². The number of urea groups is 1. The molecule has 0 aromatic heterocycles. The minimum Gasteiger partial charge on any atom is -0.494 e. The van der Waals surface area contributed by atoms with Crippen LogP contribution in [0.1, 0.15) is 13.8 Å². The number of carbonyl (C=O) groups is 2. The highest BCUT2D eigenvalue weighted by atomic mass is 16.5. The Morgan fingerprint density at radius 2 is 2.17 bits per heavy atom. The van der Waals surface area contributed by atoms with Gasteiger partial charge in [-0.05, 0) is 26.0 Å². The molecule has 1 unspecified atom stereocenters. The van der Waals surface area contributed by atoms with Crippen LogP contribution in [0.4, 0.5) is 10.5 Å². The van der Waals surface area contributed by atoms with Gasteiger partial charge >= 0.3 is 12.0 Å². The van der Waals surface area contributed by atoms with E-state index in [4.69, 9.17) is 9.84 Å². The molecule has 1 aromatic carbocycles. The molecule has 0 saturated heterocycles. The number of carbonyl (C=O) groups excluding carboxylic acids is 1. The van der Waals surface area contributed by atoms with Crippen molar-refractivity contribution in [3.8, 4) is 5.75 Å². The summed E-state index contributed by atoms with van der Waals surface area (Å²) in [6, 6.07) is 5.34. The topological polar surface area (TPSA) is 87.7 Å². The van der Waals surface area contributed by atoms with Crippen LogP contribution in [0.3, 0.4) is 0 Å². The summed E-state index contributed by atoms with van der Waals surface area (Å²) in [7, 11) is 0. The summed E-state index contributed by atoms with van der Waals surface area (Å²) in [4.78, 5) is 22.0. The highest BCUT2D eigenvalue weighted by molar-refractivity contribution is 5.92. The molecule has 0 fully saturated rings. The Morgan fingerprint density at radius 1 is 1.44 bits per heavy atom. The number of carboxylic acids is 1. The third kappa shape index (κ3) is 4.32. The third-order valence-corrected chi connectivity index (χ3v) is 2.12. The molecule has 0 heterocycles. The van der Waals surface area contributed by atoms with Crippen molar-refractivity contribution < 1.29 is 19.4 Å². The Kier molecular flexibility index (Phi) is 4.98. The molecule has 0 aliphatic carbocycles. The first-order chi connectivity index (χ1) is 8.52. The van der Waals surface area contributed by atoms with Gasteiger partial charge in [0, 0.05) is 11.8 Å². The van der Waals surface area contributed by atoms with E-state index in [1.54, 1.807) is 24.3 Å². The van der Waals surface area contributed by atoms with E-state index in [0.717, 1.165) is 0 Å². The van der Waals surface area contributed by atoms with Crippen molar-refractivity contribution in [3.05, 3.63) is 24.3 Å². The first-order valence-corrected chi connectivity index (χ1v) is 5.56. The number of hydrogen-bond acceptors (Lipinski definition) is 3. The SMILES string of the molecule is CCOc1cccc(NC(=O)NC(C)C(=O)O)c1. The van der Waals surface area contributed by atoms with Crippen LogP contribution in [0.25, 0.3) is 0 Å². The van der Waals surface area contributed by atoms with Crippen LogP contribution in [0.15, 0.2) is 24.3 Å². The predicted molar refractivity (Wildman–Crippen MR) is 66.9 cm³/mol. The molecule has 6 heteroatoms. The van der Waals surface area contributed by atoms with Gasteiger partial charge in [0.1, 0.15) is 11.8 Å². The largest absolute Gasteiger partial charge is 0.494 e. The van der Waals surface area contributed by atoms with E-state index in [1.807, 2.05) is 6.92 Å². The minimum atomic E-state index is -1.09. The molecule has 1 aromatic rings. The van der Waals surface area contributed by atoms with Gasteiger partial charge in [0.2, 0.25) is 0 Å². The zero-order valence-electron chi connectivity index (χ0n) is 10.3. The van der Waals surface area contributed by atoms with Crippen LogP contribution in [0.5, 0.6) is 5.75 Å². The fourth-order valence-corrected chi connectivity index (χ4v) is 1.26. The molecule has 1 rings (SSSR count). The molecule has 0 radical (unpaired) electrons. The zero-order chi connectivity index (χ0) is 13.5. The van der Waals surface area contributed by atoms with Crippen molar-refractivity contribution in [3.63, 3.8) is 0 Å². The molecule has 0 spiro atoms. The molecule has 1 atom stereocenters. The molecule has 98 valence electrons. The summed E-state index contributed by atoms with van der Waals surface area (Å²) in [5.74, 6) is -0.449. The van der Waals surface area contributed by atoms with Gasteiger partial charge in [-0.15, -0.1) is 0 Å². The summed E-state index contributed by atoms with van der Waals surface area (Å²) in [6.45, 7) is 3.78. The fraction of sp³-hybridized carbons (Fsp3) is 0.333. The van der Waals surface area contributed by atoms with E-state index in [0.29, 0.717) is 18.0 Å².